The van der Waals surface area contributed by atoms with Gasteiger partial charge in [0.05, 0.1) is 28.5 Å². The van der Waals surface area contributed by atoms with Crippen molar-refractivity contribution >= 4 is 35.0 Å². The van der Waals surface area contributed by atoms with Crippen molar-refractivity contribution in [2.75, 3.05) is 6.61 Å². The Morgan fingerprint density at radius 3 is 2.26 bits per heavy atom. The van der Waals surface area contributed by atoms with Crippen LogP contribution in [0.4, 0.5) is 0 Å². The number of thiazole rings is 1. The number of benzene rings is 3. The Balaban J connectivity index is 1.74. The van der Waals surface area contributed by atoms with Crippen LogP contribution in [0.5, 0.6) is 5.75 Å². The average Bonchev–Trinajstić information content (AvgIpc) is 3.24. The van der Waals surface area contributed by atoms with E-state index < -0.39 is 18.0 Å². The summed E-state index contributed by atoms with van der Waals surface area (Å²) in [6.45, 7) is 3.28. The summed E-state index contributed by atoms with van der Waals surface area (Å²) >= 11 is 1.25. The van der Waals surface area contributed by atoms with Crippen LogP contribution < -0.4 is 19.6 Å². The van der Waals surface area contributed by atoms with E-state index in [0.29, 0.717) is 26.4 Å². The lowest BCUT2D eigenvalue weighted by atomic mass is 9.93. The van der Waals surface area contributed by atoms with Crippen LogP contribution in [0.3, 0.4) is 0 Å². The highest BCUT2D eigenvalue weighted by molar-refractivity contribution is 7.07. The van der Waals surface area contributed by atoms with E-state index in [-0.39, 0.29) is 12.2 Å². The molecule has 3 aromatic carbocycles. The van der Waals surface area contributed by atoms with Crippen LogP contribution in [0.2, 0.25) is 0 Å². The molecule has 0 radical (unpaired) electrons. The molecule has 2 heterocycles. The lowest BCUT2D eigenvalue weighted by Crippen LogP contribution is -2.39. The Kier molecular flexibility index (Phi) is 7.15. The quantitative estimate of drug-likeness (QED) is 0.282. The van der Waals surface area contributed by atoms with Crippen molar-refractivity contribution in [3.8, 4) is 5.75 Å². The zero-order valence-electron chi connectivity index (χ0n) is 20.8. The minimum absolute atomic E-state index is 0.194. The van der Waals surface area contributed by atoms with Gasteiger partial charge in [-0.25, -0.2) is 9.79 Å². The number of carbonyl (C=O) groups is 2. The van der Waals surface area contributed by atoms with Gasteiger partial charge in [0.15, 0.2) is 4.80 Å². The minimum atomic E-state index is -0.713. The number of hydrogen-bond donors (Lipinski definition) is 0. The Morgan fingerprint density at radius 2 is 1.63 bits per heavy atom. The monoisotopic (exact) mass is 524 g/mol. The van der Waals surface area contributed by atoms with E-state index in [1.807, 2.05) is 60.7 Å². The molecule has 0 N–H and O–H groups in total. The van der Waals surface area contributed by atoms with Crippen LogP contribution in [0.1, 0.15) is 36.6 Å². The largest absolute Gasteiger partial charge is 0.463 e. The fourth-order valence-corrected chi connectivity index (χ4v) is 5.34. The standard InChI is InChI=1S/C30H24N2O5S/c1-3-36-29(35)25-26(21-10-6-4-7-11-21)31-30-32(27(25)22-12-8-5-9-13-22)28(34)24(38-30)18-20-14-16-23(17-15-20)37-19(2)33/h4-18,27H,3H2,1-2H3/b24-18-/t27-/m1/s1. The Morgan fingerprint density at radius 1 is 0.974 bits per heavy atom. The van der Waals surface area contributed by atoms with Gasteiger partial charge in [0, 0.05) is 12.5 Å². The van der Waals surface area contributed by atoms with E-state index in [0.717, 1.165) is 16.7 Å². The number of nitrogens with zero attached hydrogens (tertiary/aromatic N) is 2. The van der Waals surface area contributed by atoms with Gasteiger partial charge in [0.25, 0.3) is 5.56 Å². The molecule has 0 fully saturated rings. The molecule has 0 unspecified atom stereocenters. The lowest BCUT2D eigenvalue weighted by molar-refractivity contribution is -0.139. The Bertz CT molecular complexity index is 1700. The summed E-state index contributed by atoms with van der Waals surface area (Å²) in [5.74, 6) is -0.496. The molecule has 8 heteroatoms. The SMILES string of the molecule is CCOC(=O)C1=C(c2ccccc2)N=c2s/c(=C\c3ccc(OC(C)=O)cc3)c(=O)n2[C@@H]1c1ccccc1. The van der Waals surface area contributed by atoms with Crippen molar-refractivity contribution < 1.29 is 19.1 Å². The number of esters is 2. The van der Waals surface area contributed by atoms with E-state index in [1.165, 1.54) is 18.3 Å². The molecule has 0 spiro atoms. The number of rotatable bonds is 6. The van der Waals surface area contributed by atoms with Crippen LogP contribution in [0, 0.1) is 0 Å². The Hall–Kier alpha value is -4.56. The molecule has 1 aliphatic rings. The molecule has 0 aliphatic carbocycles. The highest BCUT2D eigenvalue weighted by Crippen LogP contribution is 2.35. The molecule has 38 heavy (non-hydrogen) atoms. The van der Waals surface area contributed by atoms with Crippen LogP contribution in [0.25, 0.3) is 11.8 Å². The third-order valence-electron chi connectivity index (χ3n) is 5.93. The van der Waals surface area contributed by atoms with Gasteiger partial charge in [-0.05, 0) is 36.3 Å². The molecule has 1 aromatic heterocycles. The van der Waals surface area contributed by atoms with Crippen molar-refractivity contribution in [3.63, 3.8) is 0 Å². The van der Waals surface area contributed by atoms with Crippen molar-refractivity contribution in [3.05, 3.63) is 127 Å². The summed E-state index contributed by atoms with van der Waals surface area (Å²) in [6, 6.07) is 25.0. The second-order valence-corrected chi connectivity index (χ2v) is 9.51. The first kappa shape index (κ1) is 25.1. The number of aromatic nitrogens is 1. The molecule has 7 nitrogen and oxygen atoms in total. The van der Waals surface area contributed by atoms with E-state index >= 15 is 0 Å². The summed E-state index contributed by atoms with van der Waals surface area (Å²) in [6.07, 6.45) is 1.76. The number of hydrogen-bond acceptors (Lipinski definition) is 7. The first-order chi connectivity index (χ1) is 18.5. The van der Waals surface area contributed by atoms with Crippen molar-refractivity contribution in [2.45, 2.75) is 19.9 Å². The predicted octanol–water partition coefficient (Wildman–Crippen LogP) is 3.86. The minimum Gasteiger partial charge on any atom is -0.463 e. The molecule has 190 valence electrons. The summed E-state index contributed by atoms with van der Waals surface area (Å²) in [7, 11) is 0. The number of fused-ring (bicyclic) bond motifs is 1. The highest BCUT2D eigenvalue weighted by atomic mass is 32.1. The molecule has 0 amide bonds. The topological polar surface area (TPSA) is 87.0 Å². The molecule has 0 bridgehead atoms. The fourth-order valence-electron chi connectivity index (χ4n) is 4.34. The maximum absolute atomic E-state index is 13.8. The molecular weight excluding hydrogens is 500 g/mol. The summed E-state index contributed by atoms with van der Waals surface area (Å²) in [5, 5.41) is 0. The van der Waals surface area contributed by atoms with Gasteiger partial charge < -0.3 is 9.47 Å². The molecule has 1 aliphatic heterocycles. The number of ether oxygens (including phenoxy) is 2. The summed E-state index contributed by atoms with van der Waals surface area (Å²) in [5.41, 5.74) is 2.83. The van der Waals surface area contributed by atoms with Gasteiger partial charge in [-0.15, -0.1) is 0 Å². The normalized spacial score (nSPS) is 15.0. The van der Waals surface area contributed by atoms with Gasteiger partial charge in [0.2, 0.25) is 0 Å². The molecule has 0 saturated heterocycles. The molecular formula is C30H24N2O5S. The third-order valence-corrected chi connectivity index (χ3v) is 6.91. The van der Waals surface area contributed by atoms with Gasteiger partial charge in [-0.1, -0.05) is 84.1 Å². The summed E-state index contributed by atoms with van der Waals surface area (Å²) in [4.78, 5) is 43.8. The van der Waals surface area contributed by atoms with Crippen LogP contribution in [-0.4, -0.2) is 23.1 Å². The molecule has 5 rings (SSSR count). The van der Waals surface area contributed by atoms with E-state index in [1.54, 1.807) is 41.8 Å². The highest BCUT2D eigenvalue weighted by Gasteiger charge is 2.35. The first-order valence-electron chi connectivity index (χ1n) is 12.1. The van der Waals surface area contributed by atoms with Gasteiger partial charge in [-0.2, -0.15) is 0 Å². The van der Waals surface area contributed by atoms with Gasteiger partial charge in [-0.3, -0.25) is 14.2 Å². The maximum Gasteiger partial charge on any atom is 0.338 e. The van der Waals surface area contributed by atoms with Crippen molar-refractivity contribution in [1.29, 1.82) is 0 Å². The smallest absolute Gasteiger partial charge is 0.338 e. The first-order valence-corrected chi connectivity index (χ1v) is 12.9. The zero-order chi connectivity index (χ0) is 26.6. The zero-order valence-corrected chi connectivity index (χ0v) is 21.6. The number of carbonyl (C=O) groups excluding carboxylic acids is 2. The van der Waals surface area contributed by atoms with E-state index in [2.05, 4.69) is 0 Å². The third kappa shape index (κ3) is 4.99. The van der Waals surface area contributed by atoms with Gasteiger partial charge >= 0.3 is 11.9 Å². The van der Waals surface area contributed by atoms with E-state index in [9.17, 15) is 14.4 Å². The lowest BCUT2D eigenvalue weighted by Gasteiger charge is -2.25. The molecule has 1 atom stereocenters. The van der Waals surface area contributed by atoms with Crippen LogP contribution >= 0.6 is 11.3 Å². The van der Waals surface area contributed by atoms with Crippen LogP contribution in [0.15, 0.2) is 100 Å². The maximum atomic E-state index is 13.8. The second kappa shape index (κ2) is 10.8. The van der Waals surface area contributed by atoms with Crippen LogP contribution in [-0.2, 0) is 14.3 Å². The molecule has 0 saturated carbocycles. The molecule has 4 aromatic rings. The average molecular weight is 525 g/mol. The Labute approximate surface area is 222 Å². The predicted molar refractivity (Wildman–Crippen MR) is 145 cm³/mol. The summed E-state index contributed by atoms with van der Waals surface area (Å²) < 4.78 is 12.6. The van der Waals surface area contributed by atoms with Crippen molar-refractivity contribution in [2.24, 2.45) is 4.99 Å². The second-order valence-electron chi connectivity index (χ2n) is 8.50. The van der Waals surface area contributed by atoms with Crippen molar-refractivity contribution in [1.82, 2.24) is 4.57 Å². The fraction of sp³-hybridized carbons (Fsp3) is 0.133. The van der Waals surface area contributed by atoms with E-state index in [4.69, 9.17) is 14.5 Å². The van der Waals surface area contributed by atoms with Gasteiger partial charge in [0.1, 0.15) is 5.75 Å².